The molecule has 0 bridgehead atoms. The predicted molar refractivity (Wildman–Crippen MR) is 70.2 cm³/mol. The Hall–Kier alpha value is -3.06. The number of hydrogen-bond acceptors (Lipinski definition) is 8. The number of carboxylic acid groups (broad SMARTS) is 4. The molecule has 0 heterocycles. The Kier molecular flexibility index (Phi) is 8.73. The van der Waals surface area contributed by atoms with Crippen molar-refractivity contribution in [2.75, 3.05) is 0 Å². The molecule has 0 aliphatic carbocycles. The average molecular weight is 429 g/mol. The predicted octanol–water partition coefficient (Wildman–Crippen LogP) is -3.18. The molecule has 0 aromatic heterocycles. The van der Waals surface area contributed by atoms with Gasteiger partial charge in [-0.15, -0.1) is 0 Å². The van der Waals surface area contributed by atoms with E-state index in [0.717, 1.165) is 12.1 Å². The number of aromatic carboxylic acids is 4. The van der Waals surface area contributed by atoms with Gasteiger partial charge >= 0.3 is 19.5 Å². The van der Waals surface area contributed by atoms with Gasteiger partial charge in [0, 0.05) is 0 Å². The second-order valence-corrected chi connectivity index (χ2v) is 4.31. The fraction of sp³-hybridized carbons (Fsp3) is 0. The monoisotopic (exact) mass is 430 g/mol. The molecule has 0 fully saturated rings. The second kappa shape index (κ2) is 9.94. The molecule has 0 unspecified atom stereocenters. The van der Waals surface area contributed by atoms with E-state index in [2.05, 4.69) is 0 Å². The van der Waals surface area contributed by atoms with Crippen LogP contribution in [0.5, 0.6) is 0 Å². The van der Waals surface area contributed by atoms with E-state index in [4.69, 9.17) is 0 Å². The topological polar surface area (TPSA) is 161 Å². The molecule has 0 atom stereocenters. The largest absolute Gasteiger partial charge is 4.00 e. The van der Waals surface area contributed by atoms with Crippen LogP contribution in [-0.4, -0.2) is 23.9 Å². The Bertz CT molecular complexity index is 674. The van der Waals surface area contributed by atoms with Crippen molar-refractivity contribution in [2.24, 2.45) is 0 Å². The van der Waals surface area contributed by atoms with Gasteiger partial charge in [0.05, 0.1) is 23.9 Å². The van der Waals surface area contributed by atoms with Crippen molar-refractivity contribution >= 4 is 23.9 Å². The third-order valence-corrected chi connectivity index (χ3v) is 2.67. The van der Waals surface area contributed by atoms with Crippen molar-refractivity contribution < 1.29 is 59.1 Å². The fourth-order valence-electron chi connectivity index (χ4n) is 1.55. The molecule has 25 heavy (non-hydrogen) atoms. The van der Waals surface area contributed by atoms with Gasteiger partial charge in [0.1, 0.15) is 0 Å². The standard InChI is InChI=1S/2C8H6O4.Ru/c2*9-7(10)5-2-1-3-6(4-5)8(11)12;/h2*1-4H,(H,9,10)(H,11,12);/q;;+4/p-4. The van der Waals surface area contributed by atoms with Crippen LogP contribution in [0.3, 0.4) is 0 Å². The zero-order valence-corrected chi connectivity index (χ0v) is 14.0. The molecule has 8 nitrogen and oxygen atoms in total. The Morgan fingerprint density at radius 3 is 0.880 bits per heavy atom. The Morgan fingerprint density at radius 1 is 0.520 bits per heavy atom. The summed E-state index contributed by atoms with van der Waals surface area (Å²) >= 11 is 0. The summed E-state index contributed by atoms with van der Waals surface area (Å²) in [6.07, 6.45) is 0. The average Bonchev–Trinajstić information content (AvgIpc) is 2.55. The van der Waals surface area contributed by atoms with Crippen LogP contribution in [0.15, 0.2) is 48.5 Å². The van der Waals surface area contributed by atoms with Crippen molar-refractivity contribution in [1.29, 1.82) is 0 Å². The quantitative estimate of drug-likeness (QED) is 0.460. The van der Waals surface area contributed by atoms with Crippen molar-refractivity contribution in [2.45, 2.75) is 0 Å². The van der Waals surface area contributed by atoms with Crippen LogP contribution >= 0.6 is 0 Å². The minimum atomic E-state index is -1.40. The molecule has 9 heteroatoms. The number of benzene rings is 2. The molecule has 2 rings (SSSR count). The summed E-state index contributed by atoms with van der Waals surface area (Å²) in [4.78, 5) is 41.0. The molecule has 0 N–H and O–H groups in total. The summed E-state index contributed by atoms with van der Waals surface area (Å²) in [5.74, 6) is -5.62. The van der Waals surface area contributed by atoms with Gasteiger partial charge in [0.25, 0.3) is 0 Å². The molecule has 0 saturated heterocycles. The van der Waals surface area contributed by atoms with Crippen LogP contribution in [-0.2, 0) is 19.5 Å². The maximum Gasteiger partial charge on any atom is 4.00 e. The van der Waals surface area contributed by atoms with Crippen LogP contribution in [0.2, 0.25) is 0 Å². The van der Waals surface area contributed by atoms with E-state index in [1.165, 1.54) is 36.4 Å². The Balaban J connectivity index is 0.000000443. The molecule has 0 spiro atoms. The number of carbonyl (C=O) groups is 4. The van der Waals surface area contributed by atoms with Gasteiger partial charge in [-0.05, 0) is 34.4 Å². The van der Waals surface area contributed by atoms with E-state index in [1.54, 1.807) is 0 Å². The van der Waals surface area contributed by atoms with E-state index in [0.29, 0.717) is 0 Å². The van der Waals surface area contributed by atoms with Gasteiger partial charge in [-0.3, -0.25) is 0 Å². The number of rotatable bonds is 4. The summed E-state index contributed by atoms with van der Waals surface area (Å²) in [7, 11) is 0. The first-order valence-electron chi connectivity index (χ1n) is 6.28. The van der Waals surface area contributed by atoms with Crippen molar-refractivity contribution in [3.8, 4) is 0 Å². The van der Waals surface area contributed by atoms with Crippen LogP contribution in [0.4, 0.5) is 0 Å². The van der Waals surface area contributed by atoms with Crippen molar-refractivity contribution in [3.05, 3.63) is 70.8 Å². The minimum Gasteiger partial charge on any atom is -0.545 e. The van der Waals surface area contributed by atoms with Crippen LogP contribution in [0, 0.1) is 0 Å². The SMILES string of the molecule is O=C([O-])c1cccc(C(=O)[O-])c1.O=C([O-])c1cccc(C(=O)[O-])c1.[Ru+4]. The first-order valence-corrected chi connectivity index (χ1v) is 6.28. The third-order valence-electron chi connectivity index (χ3n) is 2.67. The van der Waals surface area contributed by atoms with Gasteiger partial charge in [-0.1, -0.05) is 36.4 Å². The first-order chi connectivity index (χ1) is 11.2. The van der Waals surface area contributed by atoms with Gasteiger partial charge in [0.2, 0.25) is 0 Å². The maximum atomic E-state index is 10.3. The number of carbonyl (C=O) groups excluding carboxylic acids is 4. The van der Waals surface area contributed by atoms with Crippen molar-refractivity contribution in [3.63, 3.8) is 0 Å². The molecule has 2 aromatic rings. The zero-order valence-electron chi connectivity index (χ0n) is 12.2. The molecule has 0 amide bonds. The zero-order chi connectivity index (χ0) is 18.3. The molecule has 0 saturated carbocycles. The summed E-state index contributed by atoms with van der Waals surface area (Å²) in [6.45, 7) is 0. The summed E-state index contributed by atoms with van der Waals surface area (Å²) < 4.78 is 0. The first kappa shape index (κ1) is 21.9. The molecule has 0 aliphatic rings. The summed E-state index contributed by atoms with van der Waals surface area (Å²) in [5.41, 5.74) is -0.679. The summed E-state index contributed by atoms with van der Waals surface area (Å²) in [5, 5.41) is 41.0. The molecular weight excluding hydrogens is 421 g/mol. The van der Waals surface area contributed by atoms with Gasteiger partial charge in [-0.2, -0.15) is 0 Å². The third kappa shape index (κ3) is 6.93. The van der Waals surface area contributed by atoms with Crippen LogP contribution in [0.1, 0.15) is 41.4 Å². The second-order valence-electron chi connectivity index (χ2n) is 4.31. The van der Waals surface area contributed by atoms with E-state index >= 15 is 0 Å². The minimum absolute atomic E-state index is 0. The maximum absolute atomic E-state index is 10.3. The fourth-order valence-corrected chi connectivity index (χ4v) is 1.55. The van der Waals surface area contributed by atoms with Gasteiger partial charge in [-0.25, -0.2) is 0 Å². The van der Waals surface area contributed by atoms with Crippen molar-refractivity contribution in [1.82, 2.24) is 0 Å². The molecule has 128 valence electrons. The Labute approximate surface area is 154 Å². The summed E-state index contributed by atoms with van der Waals surface area (Å²) in [6, 6.07) is 9.62. The van der Waals surface area contributed by atoms with E-state index < -0.39 is 23.9 Å². The van der Waals surface area contributed by atoms with E-state index in [9.17, 15) is 39.6 Å². The smallest absolute Gasteiger partial charge is 0.545 e. The molecule has 2 aromatic carbocycles. The molecule has 0 aliphatic heterocycles. The van der Waals surface area contributed by atoms with Crippen LogP contribution < -0.4 is 20.4 Å². The molecule has 0 radical (unpaired) electrons. The van der Waals surface area contributed by atoms with E-state index in [-0.39, 0.29) is 41.7 Å². The number of hydrogen-bond donors (Lipinski definition) is 0. The van der Waals surface area contributed by atoms with Crippen LogP contribution in [0.25, 0.3) is 0 Å². The van der Waals surface area contributed by atoms with Gasteiger partial charge < -0.3 is 39.6 Å². The van der Waals surface area contributed by atoms with E-state index in [1.807, 2.05) is 0 Å². The molecular formula is C16H8O8Ru. The number of carboxylic acids is 4. The van der Waals surface area contributed by atoms with Gasteiger partial charge in [0.15, 0.2) is 0 Å². The Morgan fingerprint density at radius 2 is 0.720 bits per heavy atom. The normalized spacial score (nSPS) is 8.96.